The molecule has 0 rings (SSSR count). The molecule has 0 spiro atoms. The molecule has 0 saturated carbocycles. The molecular formula is C12H27N. The second-order valence-electron chi connectivity index (χ2n) is 6.18. The Balaban J connectivity index is 3.67. The summed E-state index contributed by atoms with van der Waals surface area (Å²) in [5.41, 5.74) is 6.48. The summed E-state index contributed by atoms with van der Waals surface area (Å²) >= 11 is 0. The fourth-order valence-electron chi connectivity index (χ4n) is 1.31. The van der Waals surface area contributed by atoms with Gasteiger partial charge in [-0.15, -0.1) is 0 Å². The van der Waals surface area contributed by atoms with Gasteiger partial charge in [-0.25, -0.2) is 0 Å². The van der Waals surface area contributed by atoms with Crippen molar-refractivity contribution in [2.75, 3.05) is 0 Å². The SMILES string of the molecule is CC(CCCC(C)(C)C)C(C)(C)N. The molecule has 1 unspecified atom stereocenters. The van der Waals surface area contributed by atoms with Crippen molar-refractivity contribution in [1.82, 2.24) is 0 Å². The molecule has 80 valence electrons. The predicted octanol–water partition coefficient (Wildman–Crippen LogP) is 3.58. The average Bonchev–Trinajstić information content (AvgIpc) is 1.82. The molecule has 0 heterocycles. The minimum Gasteiger partial charge on any atom is -0.325 e. The third kappa shape index (κ3) is 7.06. The van der Waals surface area contributed by atoms with Gasteiger partial charge in [0.1, 0.15) is 0 Å². The van der Waals surface area contributed by atoms with Crippen LogP contribution in [0.1, 0.15) is 60.8 Å². The number of nitrogens with two attached hydrogens (primary N) is 1. The zero-order valence-electron chi connectivity index (χ0n) is 10.3. The van der Waals surface area contributed by atoms with Crippen molar-refractivity contribution < 1.29 is 0 Å². The molecule has 1 heteroatoms. The van der Waals surface area contributed by atoms with Crippen LogP contribution in [0, 0.1) is 11.3 Å². The third-order valence-corrected chi connectivity index (χ3v) is 2.83. The molecule has 1 nitrogen and oxygen atoms in total. The lowest BCUT2D eigenvalue weighted by atomic mass is 9.83. The first-order valence-electron chi connectivity index (χ1n) is 5.42. The first-order chi connectivity index (χ1) is 5.63. The molecule has 13 heavy (non-hydrogen) atoms. The monoisotopic (exact) mass is 185 g/mol. The molecule has 0 aromatic rings. The van der Waals surface area contributed by atoms with E-state index in [1.807, 2.05) is 0 Å². The Hall–Kier alpha value is -0.0400. The number of rotatable bonds is 4. The van der Waals surface area contributed by atoms with Crippen molar-refractivity contribution in [3.05, 3.63) is 0 Å². The van der Waals surface area contributed by atoms with E-state index >= 15 is 0 Å². The normalized spacial score (nSPS) is 15.9. The summed E-state index contributed by atoms with van der Waals surface area (Å²) in [4.78, 5) is 0. The van der Waals surface area contributed by atoms with Crippen molar-refractivity contribution >= 4 is 0 Å². The lowest BCUT2D eigenvalue weighted by molar-refractivity contribution is 0.287. The standard InChI is InChI=1S/C12H27N/c1-10(12(5,6)13)8-7-9-11(2,3)4/h10H,7-9,13H2,1-6H3. The molecule has 0 aromatic heterocycles. The van der Waals surface area contributed by atoms with E-state index in [9.17, 15) is 0 Å². The minimum absolute atomic E-state index is 0.0160. The van der Waals surface area contributed by atoms with E-state index in [2.05, 4.69) is 41.5 Å². The van der Waals surface area contributed by atoms with Crippen LogP contribution in [-0.2, 0) is 0 Å². The summed E-state index contributed by atoms with van der Waals surface area (Å²) < 4.78 is 0. The van der Waals surface area contributed by atoms with Crippen LogP contribution in [-0.4, -0.2) is 5.54 Å². The van der Waals surface area contributed by atoms with E-state index < -0.39 is 0 Å². The van der Waals surface area contributed by atoms with Gasteiger partial charge in [-0.05, 0) is 38.0 Å². The quantitative estimate of drug-likeness (QED) is 0.712. The average molecular weight is 185 g/mol. The largest absolute Gasteiger partial charge is 0.325 e. The van der Waals surface area contributed by atoms with Crippen LogP contribution in [0.3, 0.4) is 0 Å². The van der Waals surface area contributed by atoms with Crippen LogP contribution in [0.2, 0.25) is 0 Å². The van der Waals surface area contributed by atoms with Crippen molar-refractivity contribution in [3.8, 4) is 0 Å². The van der Waals surface area contributed by atoms with Crippen LogP contribution in [0.25, 0.3) is 0 Å². The van der Waals surface area contributed by atoms with Gasteiger partial charge in [-0.3, -0.25) is 0 Å². The molecule has 0 aliphatic rings. The van der Waals surface area contributed by atoms with Gasteiger partial charge in [0, 0.05) is 5.54 Å². The van der Waals surface area contributed by atoms with Crippen LogP contribution in [0.4, 0.5) is 0 Å². The van der Waals surface area contributed by atoms with Gasteiger partial charge < -0.3 is 5.73 Å². The fraction of sp³-hybridized carbons (Fsp3) is 1.00. The van der Waals surface area contributed by atoms with E-state index in [-0.39, 0.29) is 5.54 Å². The Morgan fingerprint density at radius 1 is 1.08 bits per heavy atom. The molecule has 0 fully saturated rings. The maximum Gasteiger partial charge on any atom is 0.0123 e. The maximum atomic E-state index is 6.03. The smallest absolute Gasteiger partial charge is 0.0123 e. The molecule has 0 aliphatic heterocycles. The highest BCUT2D eigenvalue weighted by atomic mass is 14.7. The fourth-order valence-corrected chi connectivity index (χ4v) is 1.31. The van der Waals surface area contributed by atoms with Crippen molar-refractivity contribution in [3.63, 3.8) is 0 Å². The molecule has 0 bridgehead atoms. The maximum absolute atomic E-state index is 6.03. The molecule has 1 atom stereocenters. The van der Waals surface area contributed by atoms with Crippen molar-refractivity contribution in [2.24, 2.45) is 17.1 Å². The summed E-state index contributed by atoms with van der Waals surface area (Å²) in [7, 11) is 0. The predicted molar refractivity (Wildman–Crippen MR) is 60.7 cm³/mol. The van der Waals surface area contributed by atoms with Gasteiger partial charge >= 0.3 is 0 Å². The lowest BCUT2D eigenvalue weighted by Gasteiger charge is -2.28. The van der Waals surface area contributed by atoms with Gasteiger partial charge in [0.05, 0.1) is 0 Å². The molecule has 2 N–H and O–H groups in total. The first kappa shape index (κ1) is 13.0. The van der Waals surface area contributed by atoms with Gasteiger partial charge in [-0.1, -0.05) is 34.1 Å². The summed E-state index contributed by atoms with van der Waals surface area (Å²) in [5, 5.41) is 0. The zero-order chi connectivity index (χ0) is 10.7. The zero-order valence-corrected chi connectivity index (χ0v) is 10.3. The van der Waals surface area contributed by atoms with Crippen LogP contribution < -0.4 is 5.73 Å². The minimum atomic E-state index is -0.0160. The van der Waals surface area contributed by atoms with E-state index in [0.29, 0.717) is 11.3 Å². The summed E-state index contributed by atoms with van der Waals surface area (Å²) in [5.74, 6) is 0.620. The van der Waals surface area contributed by atoms with Crippen LogP contribution in [0.15, 0.2) is 0 Å². The second kappa shape index (κ2) is 4.45. The molecule has 0 aliphatic carbocycles. The highest BCUT2D eigenvalue weighted by Gasteiger charge is 2.20. The van der Waals surface area contributed by atoms with Gasteiger partial charge in [0.2, 0.25) is 0 Å². The van der Waals surface area contributed by atoms with E-state index in [0.717, 1.165) is 0 Å². The molecule has 0 radical (unpaired) electrons. The second-order valence-corrected chi connectivity index (χ2v) is 6.18. The number of hydrogen-bond donors (Lipinski definition) is 1. The van der Waals surface area contributed by atoms with Gasteiger partial charge in [-0.2, -0.15) is 0 Å². The van der Waals surface area contributed by atoms with E-state index in [4.69, 9.17) is 5.73 Å². The number of hydrogen-bond acceptors (Lipinski definition) is 1. The topological polar surface area (TPSA) is 26.0 Å². The van der Waals surface area contributed by atoms with Gasteiger partial charge in [0.25, 0.3) is 0 Å². The van der Waals surface area contributed by atoms with Gasteiger partial charge in [0.15, 0.2) is 0 Å². The third-order valence-electron chi connectivity index (χ3n) is 2.83. The van der Waals surface area contributed by atoms with E-state index in [1.165, 1.54) is 19.3 Å². The molecule has 0 aromatic carbocycles. The Bertz CT molecular complexity index is 136. The molecular weight excluding hydrogens is 158 g/mol. The van der Waals surface area contributed by atoms with Crippen molar-refractivity contribution in [2.45, 2.75) is 66.3 Å². The summed E-state index contributed by atoms with van der Waals surface area (Å²) in [6, 6.07) is 0. The Morgan fingerprint density at radius 3 is 1.85 bits per heavy atom. The van der Waals surface area contributed by atoms with Crippen LogP contribution in [0.5, 0.6) is 0 Å². The highest BCUT2D eigenvalue weighted by Crippen LogP contribution is 2.25. The highest BCUT2D eigenvalue weighted by molar-refractivity contribution is 4.79. The molecule has 0 saturated heterocycles. The van der Waals surface area contributed by atoms with E-state index in [1.54, 1.807) is 0 Å². The Morgan fingerprint density at radius 2 is 1.54 bits per heavy atom. The Kier molecular flexibility index (Phi) is 4.44. The van der Waals surface area contributed by atoms with Crippen molar-refractivity contribution in [1.29, 1.82) is 0 Å². The summed E-state index contributed by atoms with van der Waals surface area (Å²) in [6.07, 6.45) is 3.85. The lowest BCUT2D eigenvalue weighted by Crippen LogP contribution is -2.39. The van der Waals surface area contributed by atoms with Crippen LogP contribution >= 0.6 is 0 Å². The molecule has 0 amide bonds. The Labute approximate surface area is 84.1 Å². The first-order valence-corrected chi connectivity index (χ1v) is 5.42. The summed E-state index contributed by atoms with van der Waals surface area (Å²) in [6.45, 7) is 13.4.